The summed E-state index contributed by atoms with van der Waals surface area (Å²) in [6, 6.07) is 18.7. The van der Waals surface area contributed by atoms with E-state index >= 15 is 0 Å². The molecule has 0 aliphatic carbocycles. The number of rotatable bonds is 5. The third-order valence-electron chi connectivity index (χ3n) is 2.34. The van der Waals surface area contributed by atoms with Crippen LogP contribution in [0.15, 0.2) is 60.7 Å². The molecule has 0 saturated carbocycles. The van der Waals surface area contributed by atoms with Gasteiger partial charge in [-0.05, 0) is 17.7 Å². The molecule has 0 amide bonds. The molecule has 0 radical (unpaired) electrons. The first kappa shape index (κ1) is 15.1. The van der Waals surface area contributed by atoms with Crippen LogP contribution in [0.1, 0.15) is 5.56 Å². The Bertz CT molecular complexity index is 440. The molecule has 0 atom stereocenters. The van der Waals surface area contributed by atoms with Gasteiger partial charge in [-0.2, -0.15) is 0 Å². The quantitative estimate of drug-likeness (QED) is 0.788. The SMILES string of the molecule is Cl.O=C(COc1ccccc1)OCc1ccccc1. The van der Waals surface area contributed by atoms with Crippen molar-refractivity contribution in [3.63, 3.8) is 0 Å². The molecule has 0 unspecified atom stereocenters. The zero-order chi connectivity index (χ0) is 12.6. The Morgan fingerprint density at radius 3 is 2.11 bits per heavy atom. The van der Waals surface area contributed by atoms with Gasteiger partial charge in [0.2, 0.25) is 0 Å². The summed E-state index contributed by atoms with van der Waals surface area (Å²) >= 11 is 0. The van der Waals surface area contributed by atoms with Crippen LogP contribution in [0.5, 0.6) is 5.75 Å². The van der Waals surface area contributed by atoms with E-state index in [0.29, 0.717) is 5.75 Å². The van der Waals surface area contributed by atoms with Crippen LogP contribution in [0.2, 0.25) is 0 Å². The topological polar surface area (TPSA) is 35.5 Å². The molecule has 19 heavy (non-hydrogen) atoms. The van der Waals surface area contributed by atoms with Crippen LogP contribution < -0.4 is 4.74 Å². The summed E-state index contributed by atoms with van der Waals surface area (Å²) in [5.74, 6) is 0.289. The number of hydrogen-bond acceptors (Lipinski definition) is 3. The average Bonchev–Trinajstić information content (AvgIpc) is 2.45. The molecule has 2 aromatic rings. The van der Waals surface area contributed by atoms with Crippen LogP contribution in [0.4, 0.5) is 0 Å². The molecule has 0 aromatic heterocycles. The van der Waals surface area contributed by atoms with Crippen molar-refractivity contribution in [1.82, 2.24) is 0 Å². The van der Waals surface area contributed by atoms with Crippen LogP contribution in [0.25, 0.3) is 0 Å². The highest BCUT2D eigenvalue weighted by Gasteiger charge is 2.04. The Morgan fingerprint density at radius 1 is 0.895 bits per heavy atom. The van der Waals surface area contributed by atoms with Gasteiger partial charge in [-0.3, -0.25) is 0 Å². The minimum absolute atomic E-state index is 0. The van der Waals surface area contributed by atoms with Crippen molar-refractivity contribution in [1.29, 1.82) is 0 Å². The average molecular weight is 279 g/mol. The highest BCUT2D eigenvalue weighted by atomic mass is 35.5. The van der Waals surface area contributed by atoms with Gasteiger partial charge in [-0.1, -0.05) is 48.5 Å². The second-order valence-electron chi connectivity index (χ2n) is 3.75. The highest BCUT2D eigenvalue weighted by molar-refractivity contribution is 5.85. The Balaban J connectivity index is 0.00000180. The first-order valence-corrected chi connectivity index (χ1v) is 5.72. The molecule has 0 fully saturated rings. The smallest absolute Gasteiger partial charge is 0.344 e. The van der Waals surface area contributed by atoms with Crippen molar-refractivity contribution in [2.24, 2.45) is 0 Å². The molecule has 100 valence electrons. The number of halogens is 1. The summed E-state index contributed by atoms with van der Waals surface area (Å²) in [7, 11) is 0. The maximum atomic E-state index is 11.4. The first-order valence-electron chi connectivity index (χ1n) is 5.72. The molecular formula is C15H15ClO3. The number of hydrogen-bond donors (Lipinski definition) is 0. The third kappa shape index (κ3) is 5.44. The molecule has 0 aliphatic rings. The van der Waals surface area contributed by atoms with Gasteiger partial charge in [0, 0.05) is 0 Å². The van der Waals surface area contributed by atoms with Crippen molar-refractivity contribution < 1.29 is 14.3 Å². The van der Waals surface area contributed by atoms with Gasteiger partial charge in [0.1, 0.15) is 12.4 Å². The lowest BCUT2D eigenvalue weighted by Gasteiger charge is -2.06. The Hall–Kier alpha value is -2.00. The van der Waals surface area contributed by atoms with Gasteiger partial charge >= 0.3 is 5.97 Å². The summed E-state index contributed by atoms with van der Waals surface area (Å²) in [6.07, 6.45) is 0. The lowest BCUT2D eigenvalue weighted by atomic mass is 10.2. The minimum Gasteiger partial charge on any atom is -0.482 e. The Kier molecular flexibility index (Phi) is 6.47. The van der Waals surface area contributed by atoms with E-state index in [0.717, 1.165) is 5.56 Å². The van der Waals surface area contributed by atoms with Gasteiger partial charge in [0.25, 0.3) is 0 Å². The second kappa shape index (κ2) is 8.16. The third-order valence-corrected chi connectivity index (χ3v) is 2.34. The molecule has 0 N–H and O–H groups in total. The monoisotopic (exact) mass is 278 g/mol. The predicted octanol–water partition coefficient (Wildman–Crippen LogP) is 3.23. The molecule has 2 rings (SSSR count). The summed E-state index contributed by atoms with van der Waals surface area (Å²) in [5, 5.41) is 0. The fourth-order valence-electron chi connectivity index (χ4n) is 1.44. The Morgan fingerprint density at radius 2 is 1.47 bits per heavy atom. The Labute approximate surface area is 118 Å². The molecule has 0 saturated heterocycles. The number of ether oxygens (including phenoxy) is 2. The molecule has 2 aromatic carbocycles. The molecule has 0 heterocycles. The number of carbonyl (C=O) groups is 1. The number of benzene rings is 2. The van der Waals surface area contributed by atoms with E-state index in [4.69, 9.17) is 9.47 Å². The predicted molar refractivity (Wildman–Crippen MR) is 75.4 cm³/mol. The molecule has 4 heteroatoms. The van der Waals surface area contributed by atoms with E-state index in [1.54, 1.807) is 12.1 Å². The fraction of sp³-hybridized carbons (Fsp3) is 0.133. The van der Waals surface area contributed by atoms with Crippen molar-refractivity contribution in [2.45, 2.75) is 6.61 Å². The number of para-hydroxylation sites is 1. The minimum atomic E-state index is -0.372. The molecule has 0 spiro atoms. The standard InChI is InChI=1S/C15H14O3.ClH/c16-15(12-17-14-9-5-2-6-10-14)18-11-13-7-3-1-4-8-13;/h1-10H,11-12H2;1H. The molecule has 0 aliphatic heterocycles. The molecular weight excluding hydrogens is 264 g/mol. The highest BCUT2D eigenvalue weighted by Crippen LogP contribution is 2.08. The first-order chi connectivity index (χ1) is 8.84. The van der Waals surface area contributed by atoms with Crippen LogP contribution in [-0.2, 0) is 16.1 Å². The maximum Gasteiger partial charge on any atom is 0.344 e. The van der Waals surface area contributed by atoms with Gasteiger partial charge in [-0.15, -0.1) is 12.4 Å². The summed E-state index contributed by atoms with van der Waals surface area (Å²) in [5.41, 5.74) is 0.963. The fourth-order valence-corrected chi connectivity index (χ4v) is 1.44. The molecule has 0 bridgehead atoms. The zero-order valence-electron chi connectivity index (χ0n) is 10.3. The van der Waals surface area contributed by atoms with Crippen molar-refractivity contribution in [3.8, 4) is 5.75 Å². The lowest BCUT2D eigenvalue weighted by Crippen LogP contribution is -2.14. The van der Waals surface area contributed by atoms with Crippen molar-refractivity contribution in [2.75, 3.05) is 6.61 Å². The summed E-state index contributed by atoms with van der Waals surface area (Å²) in [4.78, 5) is 11.4. The van der Waals surface area contributed by atoms with E-state index in [2.05, 4.69) is 0 Å². The van der Waals surface area contributed by atoms with Crippen LogP contribution in [-0.4, -0.2) is 12.6 Å². The van der Waals surface area contributed by atoms with Gasteiger partial charge in [0.05, 0.1) is 0 Å². The summed E-state index contributed by atoms with van der Waals surface area (Å²) in [6.45, 7) is 0.203. The van der Waals surface area contributed by atoms with Gasteiger partial charge in [0.15, 0.2) is 6.61 Å². The number of carbonyl (C=O) groups excluding carboxylic acids is 1. The number of esters is 1. The van der Waals surface area contributed by atoms with Gasteiger partial charge < -0.3 is 9.47 Å². The van der Waals surface area contributed by atoms with Crippen LogP contribution in [0.3, 0.4) is 0 Å². The van der Waals surface area contributed by atoms with Crippen LogP contribution >= 0.6 is 12.4 Å². The van der Waals surface area contributed by atoms with Gasteiger partial charge in [-0.25, -0.2) is 4.79 Å². The normalized spacial score (nSPS) is 9.26. The maximum absolute atomic E-state index is 11.4. The van der Waals surface area contributed by atoms with E-state index in [1.807, 2.05) is 48.5 Å². The largest absolute Gasteiger partial charge is 0.482 e. The lowest BCUT2D eigenvalue weighted by molar-refractivity contribution is -0.147. The van der Waals surface area contributed by atoms with E-state index in [1.165, 1.54) is 0 Å². The summed E-state index contributed by atoms with van der Waals surface area (Å²) < 4.78 is 10.4. The van der Waals surface area contributed by atoms with E-state index in [-0.39, 0.29) is 31.6 Å². The van der Waals surface area contributed by atoms with Crippen molar-refractivity contribution >= 4 is 18.4 Å². The van der Waals surface area contributed by atoms with E-state index in [9.17, 15) is 4.79 Å². The van der Waals surface area contributed by atoms with Crippen molar-refractivity contribution in [3.05, 3.63) is 66.2 Å². The second-order valence-corrected chi connectivity index (χ2v) is 3.75. The molecule has 3 nitrogen and oxygen atoms in total. The van der Waals surface area contributed by atoms with E-state index < -0.39 is 0 Å². The zero-order valence-corrected chi connectivity index (χ0v) is 11.1. The van der Waals surface area contributed by atoms with Crippen LogP contribution in [0, 0.1) is 0 Å².